The minimum Gasteiger partial charge on any atom is -0.760 e. The van der Waals surface area contributed by atoms with Gasteiger partial charge in [-0.05, 0) is 12.1 Å². The number of aliphatic hydroxyl groups excluding tert-OH is 1. The largest absolute Gasteiger partial charge is 0.760 e. The first kappa shape index (κ1) is 13.3. The van der Waals surface area contributed by atoms with Gasteiger partial charge in [0, 0.05) is 11.3 Å². The van der Waals surface area contributed by atoms with E-state index in [9.17, 15) is 13.9 Å². The fraction of sp³-hybridized carbons (Fsp3) is 0.400. The molecule has 90 valence electrons. The summed E-state index contributed by atoms with van der Waals surface area (Å²) in [6, 6.07) is 8.89. The fourth-order valence-corrected chi connectivity index (χ4v) is 2.08. The first-order valence-corrected chi connectivity index (χ1v) is 6.00. The van der Waals surface area contributed by atoms with Crippen molar-refractivity contribution in [3.8, 4) is 0 Å². The van der Waals surface area contributed by atoms with Crippen molar-refractivity contribution in [1.82, 2.24) is 10.0 Å². The number of likely N-dealkylation sites (N-methyl/N-ethyl adjacent to an activating group) is 1. The molecule has 1 aromatic rings. The highest BCUT2D eigenvalue weighted by Gasteiger charge is 2.30. The van der Waals surface area contributed by atoms with Crippen LogP contribution in [0.15, 0.2) is 30.3 Å². The molecule has 0 heterocycles. The lowest BCUT2D eigenvalue weighted by molar-refractivity contribution is 0.150. The standard InChI is InChI=1S/C10H16N2O3S/c1-2-11-10(8-13,12-16(14)15)9-6-4-3-5-7-9/h3-7,11-13H,2,8H2,1H3,(H,14,15)/p-1. The number of rotatable bonds is 6. The van der Waals surface area contributed by atoms with E-state index in [2.05, 4.69) is 10.0 Å². The molecule has 1 rings (SSSR count). The van der Waals surface area contributed by atoms with Crippen LogP contribution in [-0.4, -0.2) is 27.0 Å². The van der Waals surface area contributed by atoms with E-state index < -0.39 is 16.9 Å². The molecular weight excluding hydrogens is 228 g/mol. The average Bonchev–Trinajstić information content (AvgIpc) is 2.29. The maximum absolute atomic E-state index is 10.8. The third kappa shape index (κ3) is 3.10. The third-order valence-corrected chi connectivity index (χ3v) is 2.76. The number of benzene rings is 1. The third-order valence-electron chi connectivity index (χ3n) is 2.24. The highest BCUT2D eigenvalue weighted by Crippen LogP contribution is 2.17. The molecule has 0 aromatic heterocycles. The number of aliphatic hydroxyl groups is 1. The normalized spacial score (nSPS) is 16.7. The summed E-state index contributed by atoms with van der Waals surface area (Å²) >= 11 is -2.46. The van der Waals surface area contributed by atoms with E-state index in [1.165, 1.54) is 0 Å². The maximum atomic E-state index is 10.8. The Morgan fingerprint density at radius 2 is 2.06 bits per heavy atom. The van der Waals surface area contributed by atoms with Crippen LogP contribution in [0, 0.1) is 0 Å². The van der Waals surface area contributed by atoms with Crippen LogP contribution in [0.5, 0.6) is 0 Å². The SMILES string of the molecule is CCNC(CO)(NS(=O)[O-])c1ccccc1. The van der Waals surface area contributed by atoms with Crippen molar-refractivity contribution in [1.29, 1.82) is 0 Å². The molecule has 0 bridgehead atoms. The van der Waals surface area contributed by atoms with Gasteiger partial charge >= 0.3 is 0 Å². The smallest absolute Gasteiger partial charge is 0.129 e. The highest BCUT2D eigenvalue weighted by molar-refractivity contribution is 7.77. The molecule has 16 heavy (non-hydrogen) atoms. The van der Waals surface area contributed by atoms with Crippen LogP contribution in [0.25, 0.3) is 0 Å². The van der Waals surface area contributed by atoms with Crippen LogP contribution in [0.2, 0.25) is 0 Å². The summed E-state index contributed by atoms with van der Waals surface area (Å²) in [5.74, 6) is 0. The number of nitrogens with one attached hydrogen (secondary N) is 2. The Labute approximate surface area is 97.3 Å². The van der Waals surface area contributed by atoms with Gasteiger partial charge in [0.05, 0.1) is 6.61 Å². The monoisotopic (exact) mass is 243 g/mol. The molecular formula is C10H15N2O3S-. The van der Waals surface area contributed by atoms with Crippen LogP contribution >= 0.6 is 0 Å². The second-order valence-electron chi connectivity index (χ2n) is 3.30. The Bertz CT molecular complexity index is 347. The van der Waals surface area contributed by atoms with Gasteiger partial charge in [0.25, 0.3) is 0 Å². The molecule has 3 N–H and O–H groups in total. The highest BCUT2D eigenvalue weighted by atomic mass is 32.2. The van der Waals surface area contributed by atoms with Gasteiger partial charge in [-0.25, -0.2) is 4.72 Å². The van der Waals surface area contributed by atoms with E-state index in [-0.39, 0.29) is 6.61 Å². The molecule has 0 aliphatic carbocycles. The van der Waals surface area contributed by atoms with Gasteiger partial charge in [0.15, 0.2) is 0 Å². The Morgan fingerprint density at radius 3 is 2.50 bits per heavy atom. The quantitative estimate of drug-likeness (QED) is 0.478. The molecule has 1 aromatic carbocycles. The topological polar surface area (TPSA) is 84.4 Å². The Morgan fingerprint density at radius 1 is 1.44 bits per heavy atom. The molecule has 0 aliphatic rings. The van der Waals surface area contributed by atoms with E-state index in [1.807, 2.05) is 13.0 Å². The average molecular weight is 243 g/mol. The minimum atomic E-state index is -2.46. The zero-order valence-corrected chi connectivity index (χ0v) is 9.79. The Kier molecular flexibility index (Phi) is 5.04. The van der Waals surface area contributed by atoms with Gasteiger partial charge in [-0.15, -0.1) is 0 Å². The first-order valence-electron chi connectivity index (χ1n) is 4.93. The van der Waals surface area contributed by atoms with Gasteiger partial charge < -0.3 is 9.66 Å². The first-order chi connectivity index (χ1) is 7.64. The van der Waals surface area contributed by atoms with Crippen molar-refractivity contribution in [2.75, 3.05) is 13.2 Å². The van der Waals surface area contributed by atoms with Crippen LogP contribution in [-0.2, 0) is 16.9 Å². The van der Waals surface area contributed by atoms with Crippen LogP contribution in [0.3, 0.4) is 0 Å². The maximum Gasteiger partial charge on any atom is 0.129 e. The number of hydrogen-bond donors (Lipinski definition) is 3. The van der Waals surface area contributed by atoms with Crippen LogP contribution in [0.1, 0.15) is 12.5 Å². The van der Waals surface area contributed by atoms with Gasteiger partial charge in [-0.3, -0.25) is 9.53 Å². The van der Waals surface area contributed by atoms with Gasteiger partial charge in [0.1, 0.15) is 5.66 Å². The summed E-state index contributed by atoms with van der Waals surface area (Å²) in [6.45, 7) is 2.00. The van der Waals surface area contributed by atoms with E-state index in [0.29, 0.717) is 12.1 Å². The molecule has 2 unspecified atom stereocenters. The molecule has 0 fully saturated rings. The Balaban J connectivity index is 3.06. The zero-order chi connectivity index (χ0) is 12.0. The summed E-state index contributed by atoms with van der Waals surface area (Å²) in [5, 5.41) is 12.4. The van der Waals surface area contributed by atoms with Crippen molar-refractivity contribution in [3.05, 3.63) is 35.9 Å². The van der Waals surface area contributed by atoms with E-state index in [0.717, 1.165) is 0 Å². The zero-order valence-electron chi connectivity index (χ0n) is 8.97. The summed E-state index contributed by atoms with van der Waals surface area (Å²) in [7, 11) is 0. The van der Waals surface area contributed by atoms with Crippen LogP contribution < -0.4 is 10.0 Å². The molecule has 2 atom stereocenters. The van der Waals surface area contributed by atoms with Gasteiger partial charge in [0.2, 0.25) is 0 Å². The second kappa shape index (κ2) is 6.07. The molecule has 0 aliphatic heterocycles. The minimum absolute atomic E-state index is 0.362. The summed E-state index contributed by atoms with van der Waals surface area (Å²) in [5.41, 5.74) is -0.480. The predicted octanol–water partition coefficient (Wildman–Crippen LogP) is -0.175. The molecule has 0 saturated carbocycles. The molecule has 5 nitrogen and oxygen atoms in total. The van der Waals surface area contributed by atoms with E-state index >= 15 is 0 Å². The molecule has 6 heteroatoms. The van der Waals surface area contributed by atoms with E-state index in [1.54, 1.807) is 24.3 Å². The lowest BCUT2D eigenvalue weighted by atomic mass is 10.0. The molecule has 0 spiro atoms. The second-order valence-corrected chi connectivity index (χ2v) is 3.97. The molecule has 0 saturated heterocycles. The van der Waals surface area contributed by atoms with Crippen molar-refractivity contribution < 1.29 is 13.9 Å². The van der Waals surface area contributed by atoms with E-state index in [4.69, 9.17) is 0 Å². The van der Waals surface area contributed by atoms with Crippen LogP contribution in [0.4, 0.5) is 0 Å². The molecule has 0 radical (unpaired) electrons. The predicted molar refractivity (Wildman–Crippen MR) is 60.9 cm³/mol. The Hall–Kier alpha value is -0.790. The van der Waals surface area contributed by atoms with Crippen molar-refractivity contribution >= 4 is 11.3 Å². The summed E-state index contributed by atoms with van der Waals surface area (Å²) in [6.07, 6.45) is 0. The van der Waals surface area contributed by atoms with Gasteiger partial charge in [-0.1, -0.05) is 37.3 Å². The molecule has 0 amide bonds. The van der Waals surface area contributed by atoms with Crippen molar-refractivity contribution in [2.24, 2.45) is 0 Å². The lowest BCUT2D eigenvalue weighted by Crippen LogP contribution is -2.57. The van der Waals surface area contributed by atoms with Gasteiger partial charge in [-0.2, -0.15) is 0 Å². The lowest BCUT2D eigenvalue weighted by Gasteiger charge is -2.35. The van der Waals surface area contributed by atoms with Crippen molar-refractivity contribution in [3.63, 3.8) is 0 Å². The fourth-order valence-electron chi connectivity index (χ4n) is 1.54. The summed E-state index contributed by atoms with van der Waals surface area (Å²) < 4.78 is 23.8. The summed E-state index contributed by atoms with van der Waals surface area (Å²) in [4.78, 5) is 0. The van der Waals surface area contributed by atoms with Crippen molar-refractivity contribution in [2.45, 2.75) is 12.6 Å². The number of hydrogen-bond acceptors (Lipinski definition) is 4.